The quantitative estimate of drug-likeness (QED) is 0.575. The second-order valence-corrected chi connectivity index (χ2v) is 7.02. The van der Waals surface area contributed by atoms with E-state index in [0.29, 0.717) is 43.2 Å². The van der Waals surface area contributed by atoms with E-state index < -0.39 is 0 Å². The van der Waals surface area contributed by atoms with E-state index in [2.05, 4.69) is 20.2 Å². The summed E-state index contributed by atoms with van der Waals surface area (Å²) in [7, 11) is 0. The molecule has 0 spiro atoms. The number of carbonyl (C=O) groups excluding carboxylic acids is 1. The number of amides is 1. The monoisotopic (exact) mass is 388 g/mol. The van der Waals surface area contributed by atoms with Crippen molar-refractivity contribution in [2.45, 2.75) is 6.92 Å². The number of anilines is 2. The van der Waals surface area contributed by atoms with Crippen molar-refractivity contribution in [3.63, 3.8) is 0 Å². The second kappa shape index (κ2) is 7.18. The number of aryl methyl sites for hydroxylation is 1. The summed E-state index contributed by atoms with van der Waals surface area (Å²) < 4.78 is 11.5. The number of hydrogen-bond acceptors (Lipinski definition) is 6. The number of hydrogen-bond donors (Lipinski definition) is 1. The zero-order valence-corrected chi connectivity index (χ0v) is 16.0. The van der Waals surface area contributed by atoms with E-state index in [0.717, 1.165) is 22.2 Å². The first kappa shape index (κ1) is 17.6. The number of aromatic nitrogens is 2. The van der Waals surface area contributed by atoms with Crippen molar-refractivity contribution in [2.75, 3.05) is 36.5 Å². The maximum absolute atomic E-state index is 13.0. The summed E-state index contributed by atoms with van der Waals surface area (Å²) >= 11 is 0. The van der Waals surface area contributed by atoms with Crippen LogP contribution in [0.5, 0.6) is 0 Å². The van der Waals surface area contributed by atoms with Gasteiger partial charge in [0, 0.05) is 24.2 Å². The fraction of sp³-hybridized carbons (Fsp3) is 0.227. The highest BCUT2D eigenvalue weighted by molar-refractivity contribution is 6.09. The lowest BCUT2D eigenvalue weighted by atomic mass is 10.2. The third kappa shape index (κ3) is 3.19. The van der Waals surface area contributed by atoms with E-state index in [1.54, 1.807) is 0 Å². The number of ether oxygens (including phenoxy) is 1. The number of benzene rings is 2. The highest BCUT2D eigenvalue weighted by Gasteiger charge is 2.24. The van der Waals surface area contributed by atoms with E-state index in [4.69, 9.17) is 9.15 Å². The zero-order chi connectivity index (χ0) is 19.8. The molecule has 1 amide bonds. The minimum Gasteiger partial charge on any atom is -0.450 e. The van der Waals surface area contributed by atoms with Crippen molar-refractivity contribution in [2.24, 2.45) is 0 Å². The van der Waals surface area contributed by atoms with Gasteiger partial charge in [-0.3, -0.25) is 4.79 Å². The van der Waals surface area contributed by atoms with Gasteiger partial charge in [0.05, 0.1) is 13.2 Å². The Balaban J connectivity index is 1.64. The van der Waals surface area contributed by atoms with Crippen LogP contribution in [0.1, 0.15) is 16.2 Å². The molecule has 5 rings (SSSR count). The molecule has 0 radical (unpaired) electrons. The third-order valence-corrected chi connectivity index (χ3v) is 5.11. The number of nitrogens with zero attached hydrogens (tertiary/aromatic N) is 3. The van der Waals surface area contributed by atoms with Crippen molar-refractivity contribution in [3.8, 4) is 0 Å². The first-order valence-electron chi connectivity index (χ1n) is 9.59. The Morgan fingerprint density at radius 1 is 1.03 bits per heavy atom. The van der Waals surface area contributed by atoms with Crippen LogP contribution >= 0.6 is 0 Å². The Kier molecular flexibility index (Phi) is 4.37. The van der Waals surface area contributed by atoms with E-state index in [-0.39, 0.29) is 11.7 Å². The number of carbonyl (C=O) groups is 1. The van der Waals surface area contributed by atoms with Crippen LogP contribution in [-0.4, -0.2) is 42.2 Å². The third-order valence-electron chi connectivity index (χ3n) is 5.11. The van der Waals surface area contributed by atoms with Crippen LogP contribution in [0, 0.1) is 6.92 Å². The highest BCUT2D eigenvalue weighted by atomic mass is 16.5. The van der Waals surface area contributed by atoms with Gasteiger partial charge >= 0.3 is 0 Å². The van der Waals surface area contributed by atoms with Gasteiger partial charge in [0.15, 0.2) is 11.4 Å². The van der Waals surface area contributed by atoms with E-state index in [9.17, 15) is 4.79 Å². The van der Waals surface area contributed by atoms with Gasteiger partial charge < -0.3 is 19.4 Å². The molecule has 2 aromatic carbocycles. The number of nitrogens with one attached hydrogen (secondary N) is 1. The van der Waals surface area contributed by atoms with Crippen LogP contribution in [0.4, 0.5) is 11.5 Å². The number of rotatable bonds is 3. The molecule has 7 heteroatoms. The molecule has 3 heterocycles. The highest BCUT2D eigenvalue weighted by Crippen LogP contribution is 2.33. The molecule has 0 aliphatic carbocycles. The first-order chi connectivity index (χ1) is 14.2. The Morgan fingerprint density at radius 3 is 2.62 bits per heavy atom. The van der Waals surface area contributed by atoms with Crippen molar-refractivity contribution >= 4 is 39.5 Å². The Morgan fingerprint density at radius 2 is 1.79 bits per heavy atom. The van der Waals surface area contributed by atoms with Crippen LogP contribution in [0.15, 0.2) is 52.9 Å². The molecule has 0 bridgehead atoms. The summed E-state index contributed by atoms with van der Waals surface area (Å²) in [5.41, 5.74) is 3.69. The molecular formula is C22H20N4O3. The van der Waals surface area contributed by atoms with Gasteiger partial charge in [-0.25, -0.2) is 9.97 Å². The number of morpholine rings is 1. The lowest BCUT2D eigenvalue weighted by molar-refractivity contribution is 0.101. The standard InChI is InChI=1S/C22H20N4O3/c1-14-6-2-4-8-16(14)23-22(27)20-24-18-15-7-3-5-9-17(15)29-19(18)21(25-20)26-10-12-28-13-11-26/h2-9H,10-13H2,1H3,(H,23,27). The normalized spacial score (nSPS) is 14.4. The summed E-state index contributed by atoms with van der Waals surface area (Å²) in [5.74, 6) is 0.402. The predicted octanol–water partition coefficient (Wildman–Crippen LogP) is 3.77. The average Bonchev–Trinajstić information content (AvgIpc) is 3.14. The molecule has 0 unspecified atom stereocenters. The van der Waals surface area contributed by atoms with Gasteiger partial charge in [0.25, 0.3) is 5.91 Å². The van der Waals surface area contributed by atoms with Crippen molar-refractivity contribution in [3.05, 3.63) is 59.9 Å². The van der Waals surface area contributed by atoms with Gasteiger partial charge in [0.2, 0.25) is 5.82 Å². The van der Waals surface area contributed by atoms with Crippen molar-refractivity contribution < 1.29 is 13.9 Å². The van der Waals surface area contributed by atoms with Gasteiger partial charge in [-0.1, -0.05) is 30.3 Å². The molecule has 1 aliphatic heterocycles. The fourth-order valence-electron chi connectivity index (χ4n) is 3.56. The minimum atomic E-state index is -0.346. The van der Waals surface area contributed by atoms with Crippen LogP contribution in [0.25, 0.3) is 22.1 Å². The molecule has 1 fully saturated rings. The van der Waals surface area contributed by atoms with Gasteiger partial charge in [-0.2, -0.15) is 0 Å². The van der Waals surface area contributed by atoms with E-state index in [1.165, 1.54) is 0 Å². The molecule has 7 nitrogen and oxygen atoms in total. The summed E-state index contributed by atoms with van der Waals surface area (Å²) in [5, 5.41) is 3.79. The molecule has 29 heavy (non-hydrogen) atoms. The summed E-state index contributed by atoms with van der Waals surface area (Å²) in [4.78, 5) is 24.2. The first-order valence-corrected chi connectivity index (χ1v) is 9.59. The molecule has 4 aromatic rings. The van der Waals surface area contributed by atoms with Crippen LogP contribution < -0.4 is 10.2 Å². The smallest absolute Gasteiger partial charge is 0.293 e. The molecule has 2 aromatic heterocycles. The molecule has 0 atom stereocenters. The SMILES string of the molecule is Cc1ccccc1NC(=O)c1nc(N2CCOCC2)c2oc3ccccc3c2n1. The van der Waals surface area contributed by atoms with E-state index in [1.807, 2.05) is 55.5 Å². The maximum atomic E-state index is 13.0. The Labute approximate surface area is 167 Å². The lowest BCUT2D eigenvalue weighted by Crippen LogP contribution is -2.37. The maximum Gasteiger partial charge on any atom is 0.293 e. The number of para-hydroxylation sites is 2. The molecular weight excluding hydrogens is 368 g/mol. The number of furan rings is 1. The fourth-order valence-corrected chi connectivity index (χ4v) is 3.56. The van der Waals surface area contributed by atoms with Crippen LogP contribution in [0.2, 0.25) is 0 Å². The average molecular weight is 388 g/mol. The van der Waals surface area contributed by atoms with Gasteiger partial charge in [-0.15, -0.1) is 0 Å². The zero-order valence-electron chi connectivity index (χ0n) is 16.0. The molecule has 1 saturated heterocycles. The minimum absolute atomic E-state index is 0.119. The van der Waals surface area contributed by atoms with Crippen molar-refractivity contribution in [1.29, 1.82) is 0 Å². The summed E-state index contributed by atoms with van der Waals surface area (Å²) in [6.45, 7) is 4.53. The predicted molar refractivity (Wildman–Crippen MR) is 111 cm³/mol. The van der Waals surface area contributed by atoms with Gasteiger partial charge in [0.1, 0.15) is 11.1 Å². The summed E-state index contributed by atoms with van der Waals surface area (Å²) in [6.07, 6.45) is 0. The van der Waals surface area contributed by atoms with Gasteiger partial charge in [-0.05, 0) is 30.7 Å². The Hall–Kier alpha value is -3.45. The molecule has 1 N–H and O–H groups in total. The van der Waals surface area contributed by atoms with Crippen molar-refractivity contribution in [1.82, 2.24) is 9.97 Å². The lowest BCUT2D eigenvalue weighted by Gasteiger charge is -2.27. The molecule has 1 aliphatic rings. The van der Waals surface area contributed by atoms with E-state index >= 15 is 0 Å². The van der Waals surface area contributed by atoms with Crippen LogP contribution in [-0.2, 0) is 4.74 Å². The largest absolute Gasteiger partial charge is 0.450 e. The Bertz CT molecular complexity index is 1210. The van der Waals surface area contributed by atoms with Crippen LogP contribution in [0.3, 0.4) is 0 Å². The topological polar surface area (TPSA) is 80.5 Å². The number of fused-ring (bicyclic) bond motifs is 3. The molecule has 0 saturated carbocycles. The molecule has 146 valence electrons. The second-order valence-electron chi connectivity index (χ2n) is 7.02. The summed E-state index contributed by atoms with van der Waals surface area (Å²) in [6, 6.07) is 15.3.